The topological polar surface area (TPSA) is 75.4 Å². The van der Waals surface area contributed by atoms with Crippen molar-refractivity contribution in [1.82, 2.24) is 9.62 Å². The third-order valence-corrected chi connectivity index (χ3v) is 7.19. The first-order valence-corrected chi connectivity index (χ1v) is 11.4. The van der Waals surface area contributed by atoms with Crippen molar-refractivity contribution in [3.05, 3.63) is 55.9 Å². The summed E-state index contributed by atoms with van der Waals surface area (Å²) in [6, 6.07) is 9.94. The molecule has 140 valence electrons. The molecule has 1 saturated heterocycles. The largest absolute Gasteiger partial charge is 0.398 e. The Labute approximate surface area is 175 Å². The van der Waals surface area contributed by atoms with Crippen LogP contribution in [0.25, 0.3) is 0 Å². The monoisotopic (exact) mass is 521 g/mol. The number of rotatable bonds is 5. The Morgan fingerprint density at radius 1 is 1.23 bits per heavy atom. The highest BCUT2D eigenvalue weighted by Gasteiger charge is 2.27. The van der Waals surface area contributed by atoms with Crippen LogP contribution in [0, 0.1) is 0 Å². The molecule has 9 heteroatoms. The zero-order valence-corrected chi connectivity index (χ0v) is 18.5. The van der Waals surface area contributed by atoms with Crippen LogP contribution in [0.4, 0.5) is 5.69 Å². The highest BCUT2D eigenvalue weighted by atomic mass is 79.9. The summed E-state index contributed by atoms with van der Waals surface area (Å²) in [5, 5.41) is 0.508. The lowest BCUT2D eigenvalue weighted by Crippen LogP contribution is -2.37. The lowest BCUT2D eigenvalue weighted by Gasteiger charge is -2.18. The fourth-order valence-electron chi connectivity index (χ4n) is 2.98. The first-order chi connectivity index (χ1) is 12.2. The van der Waals surface area contributed by atoms with Crippen molar-refractivity contribution in [3.8, 4) is 0 Å². The van der Waals surface area contributed by atoms with Gasteiger partial charge in [0.2, 0.25) is 10.0 Å². The van der Waals surface area contributed by atoms with Crippen molar-refractivity contribution in [3.63, 3.8) is 0 Å². The molecule has 0 aromatic heterocycles. The number of hydrogen-bond acceptors (Lipinski definition) is 4. The maximum atomic E-state index is 12.5. The molecule has 0 bridgehead atoms. The van der Waals surface area contributed by atoms with Crippen LogP contribution < -0.4 is 10.5 Å². The molecule has 1 atom stereocenters. The van der Waals surface area contributed by atoms with Crippen molar-refractivity contribution in [2.75, 3.05) is 18.8 Å². The van der Waals surface area contributed by atoms with Crippen LogP contribution in [0.1, 0.15) is 12.0 Å². The molecule has 0 aliphatic carbocycles. The summed E-state index contributed by atoms with van der Waals surface area (Å²) >= 11 is 12.8. The highest BCUT2D eigenvalue weighted by Crippen LogP contribution is 2.30. The number of sulfonamides is 1. The summed E-state index contributed by atoms with van der Waals surface area (Å²) in [6.07, 6.45) is 0.752. The van der Waals surface area contributed by atoms with Gasteiger partial charge < -0.3 is 5.73 Å². The molecule has 1 heterocycles. The van der Waals surface area contributed by atoms with Crippen LogP contribution in [-0.4, -0.2) is 32.4 Å². The van der Waals surface area contributed by atoms with Crippen molar-refractivity contribution in [2.24, 2.45) is 0 Å². The Morgan fingerprint density at radius 2 is 1.92 bits per heavy atom. The normalized spacial score (nSPS) is 18.3. The smallest absolute Gasteiger partial charge is 0.240 e. The van der Waals surface area contributed by atoms with Gasteiger partial charge in [-0.2, -0.15) is 0 Å². The number of halogens is 3. The molecule has 0 radical (unpaired) electrons. The maximum absolute atomic E-state index is 12.5. The average Bonchev–Trinajstić information content (AvgIpc) is 2.99. The predicted octanol–water partition coefficient (Wildman–Crippen LogP) is 4.00. The fourth-order valence-corrected chi connectivity index (χ4v) is 5.68. The van der Waals surface area contributed by atoms with E-state index in [9.17, 15) is 8.42 Å². The molecular weight excluding hydrogens is 506 g/mol. The number of hydrogen-bond donors (Lipinski definition) is 2. The molecule has 0 spiro atoms. The van der Waals surface area contributed by atoms with Crippen LogP contribution in [0.2, 0.25) is 5.02 Å². The second kappa shape index (κ2) is 8.16. The van der Waals surface area contributed by atoms with Gasteiger partial charge in [0, 0.05) is 39.6 Å². The third kappa shape index (κ3) is 4.79. The molecule has 5 nitrogen and oxygen atoms in total. The van der Waals surface area contributed by atoms with Gasteiger partial charge in [-0.3, -0.25) is 4.90 Å². The summed E-state index contributed by atoms with van der Waals surface area (Å²) in [5.41, 5.74) is 7.85. The number of nitrogens with two attached hydrogens (primary N) is 1. The standard InChI is InChI=1S/C17H18Br2ClN3O2S/c18-12-7-11(17(21)16(19)8-12)9-23-6-5-14(10-23)22-26(24,25)15-3-1-13(20)2-4-15/h1-4,7-8,14,22H,5-6,9-10,21H2/t14-/m1/s1. The van der Waals surface area contributed by atoms with E-state index in [-0.39, 0.29) is 10.9 Å². The first-order valence-electron chi connectivity index (χ1n) is 7.98. The lowest BCUT2D eigenvalue weighted by molar-refractivity contribution is 0.325. The number of likely N-dealkylation sites (tertiary alicyclic amines) is 1. The van der Waals surface area contributed by atoms with Crippen LogP contribution in [-0.2, 0) is 16.6 Å². The SMILES string of the molecule is Nc1c(Br)cc(Br)cc1CN1CC[C@@H](NS(=O)(=O)c2ccc(Cl)cc2)C1. The Balaban J connectivity index is 1.65. The molecule has 0 amide bonds. The molecule has 3 N–H and O–H groups in total. The molecule has 1 fully saturated rings. The molecule has 1 aliphatic heterocycles. The van der Waals surface area contributed by atoms with E-state index in [2.05, 4.69) is 41.5 Å². The molecule has 3 rings (SSSR count). The van der Waals surface area contributed by atoms with Crippen LogP contribution in [0.5, 0.6) is 0 Å². The van der Waals surface area contributed by atoms with Gasteiger partial charge in [0.05, 0.1) is 10.6 Å². The summed E-state index contributed by atoms with van der Waals surface area (Å²) in [7, 11) is -3.55. The van der Waals surface area contributed by atoms with Gasteiger partial charge in [-0.1, -0.05) is 27.5 Å². The minimum atomic E-state index is -3.55. The minimum Gasteiger partial charge on any atom is -0.398 e. The Kier molecular flexibility index (Phi) is 6.31. The van der Waals surface area contributed by atoms with E-state index >= 15 is 0 Å². The summed E-state index contributed by atoms with van der Waals surface area (Å²) < 4.78 is 29.6. The van der Waals surface area contributed by atoms with E-state index in [4.69, 9.17) is 17.3 Å². The van der Waals surface area contributed by atoms with Gasteiger partial charge in [-0.25, -0.2) is 13.1 Å². The lowest BCUT2D eigenvalue weighted by atomic mass is 10.2. The Morgan fingerprint density at radius 3 is 2.62 bits per heavy atom. The van der Waals surface area contributed by atoms with E-state index in [0.29, 0.717) is 23.8 Å². The zero-order chi connectivity index (χ0) is 18.9. The summed E-state index contributed by atoms with van der Waals surface area (Å²) in [5.74, 6) is 0. The number of anilines is 1. The zero-order valence-electron chi connectivity index (χ0n) is 13.8. The van der Waals surface area contributed by atoms with Crippen molar-refractivity contribution >= 4 is 59.2 Å². The number of nitrogens with zero attached hydrogens (tertiary/aromatic N) is 1. The van der Waals surface area contributed by atoms with E-state index in [1.807, 2.05) is 12.1 Å². The predicted molar refractivity (Wildman–Crippen MR) is 112 cm³/mol. The third-order valence-electron chi connectivity index (χ3n) is 4.29. The van der Waals surface area contributed by atoms with E-state index in [0.717, 1.165) is 27.5 Å². The number of benzene rings is 2. The molecule has 26 heavy (non-hydrogen) atoms. The molecule has 0 unspecified atom stereocenters. The first kappa shape index (κ1) is 20.1. The molecule has 2 aromatic rings. The average molecular weight is 524 g/mol. The second-order valence-corrected chi connectivity index (χ2v) is 10.2. The van der Waals surface area contributed by atoms with Gasteiger partial charge in [0.15, 0.2) is 0 Å². The molecule has 1 aliphatic rings. The molecular formula is C17H18Br2ClN3O2S. The van der Waals surface area contributed by atoms with E-state index in [1.54, 1.807) is 12.1 Å². The van der Waals surface area contributed by atoms with Crippen LogP contribution in [0.3, 0.4) is 0 Å². The Hall–Kier alpha value is -0.640. The number of nitrogens with one attached hydrogen (secondary N) is 1. The fraction of sp³-hybridized carbons (Fsp3) is 0.294. The van der Waals surface area contributed by atoms with Gasteiger partial charge >= 0.3 is 0 Å². The van der Waals surface area contributed by atoms with Gasteiger partial charge in [-0.15, -0.1) is 0 Å². The number of nitrogen functional groups attached to an aromatic ring is 1. The summed E-state index contributed by atoms with van der Waals surface area (Å²) in [4.78, 5) is 2.42. The second-order valence-electron chi connectivity index (χ2n) is 6.26. The van der Waals surface area contributed by atoms with Crippen molar-refractivity contribution in [2.45, 2.75) is 23.9 Å². The van der Waals surface area contributed by atoms with Crippen LogP contribution in [0.15, 0.2) is 50.2 Å². The van der Waals surface area contributed by atoms with E-state index < -0.39 is 10.0 Å². The van der Waals surface area contributed by atoms with E-state index in [1.165, 1.54) is 12.1 Å². The molecule has 2 aromatic carbocycles. The molecule has 0 saturated carbocycles. The quantitative estimate of drug-likeness (QED) is 0.581. The van der Waals surface area contributed by atoms with Gasteiger partial charge in [0.1, 0.15) is 0 Å². The van der Waals surface area contributed by atoms with Gasteiger partial charge in [0.25, 0.3) is 0 Å². The minimum absolute atomic E-state index is 0.132. The highest BCUT2D eigenvalue weighted by molar-refractivity contribution is 9.11. The van der Waals surface area contributed by atoms with Gasteiger partial charge in [-0.05, 0) is 64.3 Å². The summed E-state index contributed by atoms with van der Waals surface area (Å²) in [6.45, 7) is 2.11. The van der Waals surface area contributed by atoms with Crippen molar-refractivity contribution in [1.29, 1.82) is 0 Å². The maximum Gasteiger partial charge on any atom is 0.240 e. The Bertz CT molecular complexity index is 907. The van der Waals surface area contributed by atoms with Crippen molar-refractivity contribution < 1.29 is 8.42 Å². The van der Waals surface area contributed by atoms with Crippen LogP contribution >= 0.6 is 43.5 Å².